The molecule has 8 nitrogen and oxygen atoms in total. The van der Waals surface area contributed by atoms with Crippen LogP contribution in [0.25, 0.3) is 11.0 Å². The first-order chi connectivity index (χ1) is 11.0. The number of hydrogen-bond donors (Lipinski definition) is 1. The number of aryl methyl sites for hydroxylation is 2. The molecule has 0 radical (unpaired) electrons. The van der Waals surface area contributed by atoms with Crippen molar-refractivity contribution in [2.24, 2.45) is 18.7 Å². The van der Waals surface area contributed by atoms with E-state index in [1.165, 1.54) is 0 Å². The van der Waals surface area contributed by atoms with Crippen LogP contribution in [-0.4, -0.2) is 63.3 Å². The molecule has 1 aliphatic rings. The van der Waals surface area contributed by atoms with Crippen molar-refractivity contribution in [3.8, 4) is 0 Å². The summed E-state index contributed by atoms with van der Waals surface area (Å²) in [5.41, 5.74) is 6.43. The van der Waals surface area contributed by atoms with Gasteiger partial charge in [-0.3, -0.25) is 9.48 Å². The fourth-order valence-electron chi connectivity index (χ4n) is 2.91. The fraction of sp³-hybridized carbons (Fsp3) is 0.600. The number of amides is 1. The number of aromatic nitrogens is 4. The minimum absolute atomic E-state index is 0.118. The molecule has 1 aliphatic heterocycles. The SMILES string of the molecule is Cc1nc(N2CCN(C(=O)C(C)CN)CC2)c2cnn(C)c2n1. The first kappa shape index (κ1) is 15.7. The van der Waals surface area contributed by atoms with E-state index >= 15 is 0 Å². The van der Waals surface area contributed by atoms with Gasteiger partial charge in [-0.05, 0) is 6.92 Å². The maximum absolute atomic E-state index is 12.2. The average molecular weight is 317 g/mol. The van der Waals surface area contributed by atoms with Gasteiger partial charge in [0.1, 0.15) is 11.6 Å². The third-order valence-corrected chi connectivity index (χ3v) is 4.35. The van der Waals surface area contributed by atoms with Crippen molar-refractivity contribution < 1.29 is 4.79 Å². The molecule has 2 aromatic heterocycles. The van der Waals surface area contributed by atoms with Crippen LogP contribution in [0.1, 0.15) is 12.7 Å². The Kier molecular flexibility index (Phi) is 4.16. The van der Waals surface area contributed by atoms with Gasteiger partial charge in [-0.15, -0.1) is 0 Å². The number of nitrogens with zero attached hydrogens (tertiary/aromatic N) is 6. The highest BCUT2D eigenvalue weighted by atomic mass is 16.2. The topological polar surface area (TPSA) is 93.2 Å². The smallest absolute Gasteiger partial charge is 0.226 e. The monoisotopic (exact) mass is 317 g/mol. The molecule has 2 N–H and O–H groups in total. The number of carbonyl (C=O) groups excluding carboxylic acids is 1. The lowest BCUT2D eigenvalue weighted by molar-refractivity contribution is -0.134. The van der Waals surface area contributed by atoms with Crippen LogP contribution in [0, 0.1) is 12.8 Å². The van der Waals surface area contributed by atoms with E-state index in [0.717, 1.165) is 35.8 Å². The summed E-state index contributed by atoms with van der Waals surface area (Å²) in [5.74, 6) is 1.65. The minimum atomic E-state index is -0.118. The summed E-state index contributed by atoms with van der Waals surface area (Å²) in [6.07, 6.45) is 1.80. The third kappa shape index (κ3) is 2.86. The zero-order valence-corrected chi connectivity index (χ0v) is 13.9. The molecule has 23 heavy (non-hydrogen) atoms. The van der Waals surface area contributed by atoms with E-state index in [2.05, 4.69) is 20.0 Å². The lowest BCUT2D eigenvalue weighted by Gasteiger charge is -2.36. The Balaban J connectivity index is 1.79. The number of hydrogen-bond acceptors (Lipinski definition) is 6. The van der Waals surface area contributed by atoms with Crippen molar-refractivity contribution in [1.82, 2.24) is 24.6 Å². The first-order valence-corrected chi connectivity index (χ1v) is 7.91. The summed E-state index contributed by atoms with van der Waals surface area (Å²) in [7, 11) is 1.88. The molecule has 1 saturated heterocycles. The third-order valence-electron chi connectivity index (χ3n) is 4.35. The van der Waals surface area contributed by atoms with Gasteiger partial charge in [0, 0.05) is 45.7 Å². The Morgan fingerprint density at radius 2 is 2.00 bits per heavy atom. The molecular weight excluding hydrogens is 294 g/mol. The molecule has 0 aromatic carbocycles. The fourth-order valence-corrected chi connectivity index (χ4v) is 2.91. The number of nitrogens with two attached hydrogens (primary N) is 1. The molecule has 2 aromatic rings. The second kappa shape index (κ2) is 6.11. The van der Waals surface area contributed by atoms with Gasteiger partial charge in [0.25, 0.3) is 0 Å². The van der Waals surface area contributed by atoms with Gasteiger partial charge in [0.2, 0.25) is 5.91 Å². The Morgan fingerprint density at radius 3 is 2.65 bits per heavy atom. The molecule has 124 valence electrons. The Labute approximate surface area is 135 Å². The summed E-state index contributed by atoms with van der Waals surface area (Å²) < 4.78 is 1.76. The molecule has 0 aliphatic carbocycles. The first-order valence-electron chi connectivity index (χ1n) is 7.91. The molecule has 1 fully saturated rings. The van der Waals surface area contributed by atoms with Crippen molar-refractivity contribution in [1.29, 1.82) is 0 Å². The highest BCUT2D eigenvalue weighted by Gasteiger charge is 2.26. The van der Waals surface area contributed by atoms with Crippen molar-refractivity contribution in [3.63, 3.8) is 0 Å². The van der Waals surface area contributed by atoms with E-state index in [-0.39, 0.29) is 11.8 Å². The summed E-state index contributed by atoms with van der Waals surface area (Å²) >= 11 is 0. The predicted molar refractivity (Wildman–Crippen MR) is 88.1 cm³/mol. The van der Waals surface area contributed by atoms with E-state index in [1.54, 1.807) is 10.9 Å². The predicted octanol–water partition coefficient (Wildman–Crippen LogP) is -0.0849. The maximum Gasteiger partial charge on any atom is 0.226 e. The second-order valence-corrected chi connectivity index (χ2v) is 6.05. The van der Waals surface area contributed by atoms with Crippen molar-refractivity contribution in [3.05, 3.63) is 12.0 Å². The lowest BCUT2D eigenvalue weighted by atomic mass is 10.1. The van der Waals surface area contributed by atoms with E-state index in [0.29, 0.717) is 19.6 Å². The molecule has 3 rings (SSSR count). The normalized spacial score (nSPS) is 16.9. The van der Waals surface area contributed by atoms with Crippen LogP contribution in [0.2, 0.25) is 0 Å². The van der Waals surface area contributed by atoms with Crippen molar-refractivity contribution >= 4 is 22.8 Å². The largest absolute Gasteiger partial charge is 0.352 e. The van der Waals surface area contributed by atoms with Crippen LogP contribution >= 0.6 is 0 Å². The number of rotatable bonds is 3. The number of carbonyl (C=O) groups is 1. The van der Waals surface area contributed by atoms with E-state index in [1.807, 2.05) is 25.8 Å². The van der Waals surface area contributed by atoms with Gasteiger partial charge < -0.3 is 15.5 Å². The maximum atomic E-state index is 12.2. The van der Waals surface area contributed by atoms with Crippen molar-refractivity contribution in [2.45, 2.75) is 13.8 Å². The lowest BCUT2D eigenvalue weighted by Crippen LogP contribution is -2.51. The number of fused-ring (bicyclic) bond motifs is 1. The molecule has 1 atom stereocenters. The summed E-state index contributed by atoms with van der Waals surface area (Å²) in [6.45, 7) is 7.04. The Bertz CT molecular complexity index is 718. The summed E-state index contributed by atoms with van der Waals surface area (Å²) in [6, 6.07) is 0. The molecule has 1 unspecified atom stereocenters. The van der Waals surface area contributed by atoms with E-state index in [4.69, 9.17) is 5.73 Å². The standard InChI is InChI=1S/C15H23N7O/c1-10(8-16)15(23)22-6-4-21(5-7-22)14-12-9-17-20(3)13(12)18-11(2)19-14/h9-10H,4-8,16H2,1-3H3. The van der Waals surface area contributed by atoms with Gasteiger partial charge in [0.15, 0.2) is 5.65 Å². The molecule has 3 heterocycles. The van der Waals surface area contributed by atoms with E-state index < -0.39 is 0 Å². The van der Waals surface area contributed by atoms with Crippen LogP contribution in [0.3, 0.4) is 0 Å². The van der Waals surface area contributed by atoms with Gasteiger partial charge in [-0.1, -0.05) is 6.92 Å². The van der Waals surface area contributed by atoms with Gasteiger partial charge in [-0.25, -0.2) is 9.97 Å². The van der Waals surface area contributed by atoms with Crippen LogP contribution in [-0.2, 0) is 11.8 Å². The molecule has 8 heteroatoms. The zero-order valence-electron chi connectivity index (χ0n) is 13.9. The van der Waals surface area contributed by atoms with Crippen molar-refractivity contribution in [2.75, 3.05) is 37.6 Å². The van der Waals surface area contributed by atoms with E-state index in [9.17, 15) is 4.79 Å². The molecular formula is C15H23N7O. The van der Waals surface area contributed by atoms with Crippen LogP contribution < -0.4 is 10.6 Å². The van der Waals surface area contributed by atoms with Crippen LogP contribution in [0.5, 0.6) is 0 Å². The van der Waals surface area contributed by atoms with Crippen LogP contribution in [0.4, 0.5) is 5.82 Å². The average Bonchev–Trinajstić information content (AvgIpc) is 2.94. The highest BCUT2D eigenvalue weighted by Crippen LogP contribution is 2.24. The molecule has 0 spiro atoms. The summed E-state index contributed by atoms with van der Waals surface area (Å²) in [5, 5.41) is 5.23. The Hall–Kier alpha value is -2.22. The molecule has 1 amide bonds. The molecule has 0 saturated carbocycles. The highest BCUT2D eigenvalue weighted by molar-refractivity contribution is 5.87. The summed E-state index contributed by atoms with van der Waals surface area (Å²) in [4.78, 5) is 25.4. The van der Waals surface area contributed by atoms with Gasteiger partial charge in [-0.2, -0.15) is 5.10 Å². The van der Waals surface area contributed by atoms with Gasteiger partial charge >= 0.3 is 0 Å². The zero-order chi connectivity index (χ0) is 16.6. The Morgan fingerprint density at radius 1 is 1.30 bits per heavy atom. The quantitative estimate of drug-likeness (QED) is 0.851. The minimum Gasteiger partial charge on any atom is -0.352 e. The molecule has 0 bridgehead atoms. The second-order valence-electron chi connectivity index (χ2n) is 6.05. The number of piperazine rings is 1. The number of anilines is 1. The van der Waals surface area contributed by atoms with Crippen LogP contribution in [0.15, 0.2) is 6.20 Å². The van der Waals surface area contributed by atoms with Gasteiger partial charge in [0.05, 0.1) is 11.6 Å².